The summed E-state index contributed by atoms with van der Waals surface area (Å²) in [6.45, 7) is 2.36. The van der Waals surface area contributed by atoms with Gasteiger partial charge in [0.1, 0.15) is 19.0 Å². The first-order chi connectivity index (χ1) is 17.2. The van der Waals surface area contributed by atoms with Crippen molar-refractivity contribution < 1.29 is 14.3 Å². The van der Waals surface area contributed by atoms with Gasteiger partial charge in [0, 0.05) is 43.2 Å². The number of ether oxygens (including phenoxy) is 2. The molecule has 176 valence electrons. The summed E-state index contributed by atoms with van der Waals surface area (Å²) in [5.41, 5.74) is 5.18. The summed E-state index contributed by atoms with van der Waals surface area (Å²) < 4.78 is 12.2. The van der Waals surface area contributed by atoms with Crippen LogP contribution in [0.2, 0.25) is 0 Å². The summed E-state index contributed by atoms with van der Waals surface area (Å²) in [5, 5.41) is 0. The minimum absolute atomic E-state index is 0.337. The Morgan fingerprint density at radius 2 is 1.37 bits per heavy atom. The number of ketones is 1. The highest BCUT2D eigenvalue weighted by Crippen LogP contribution is 2.34. The third kappa shape index (κ3) is 5.87. The van der Waals surface area contributed by atoms with Gasteiger partial charge in [-0.3, -0.25) is 4.79 Å². The molecule has 3 aromatic carbocycles. The third-order valence-corrected chi connectivity index (χ3v) is 6.13. The summed E-state index contributed by atoms with van der Waals surface area (Å²) in [7, 11) is 0. The number of hydrogen-bond acceptors (Lipinski definition) is 5. The molecule has 35 heavy (non-hydrogen) atoms. The van der Waals surface area contributed by atoms with Crippen LogP contribution in [0.15, 0.2) is 97.1 Å². The summed E-state index contributed by atoms with van der Waals surface area (Å²) in [5.74, 6) is 1.39. The van der Waals surface area contributed by atoms with Gasteiger partial charge in [-0.2, -0.15) is 4.98 Å². The van der Waals surface area contributed by atoms with Gasteiger partial charge >= 0.3 is 0 Å². The number of aromatic nitrogens is 1. The number of benzene rings is 3. The van der Waals surface area contributed by atoms with Crippen LogP contribution in [-0.4, -0.2) is 23.9 Å². The van der Waals surface area contributed by atoms with E-state index < -0.39 is 0 Å². The molecule has 1 saturated heterocycles. The normalized spacial score (nSPS) is 13.5. The molecule has 0 saturated carbocycles. The highest BCUT2D eigenvalue weighted by molar-refractivity contribution is 5.81. The van der Waals surface area contributed by atoms with Crippen LogP contribution >= 0.6 is 0 Å². The molecule has 1 aliphatic rings. The zero-order chi connectivity index (χ0) is 23.9. The lowest BCUT2D eigenvalue weighted by molar-refractivity contribution is -0.119. The fourth-order valence-corrected chi connectivity index (χ4v) is 4.18. The van der Waals surface area contributed by atoms with E-state index in [1.807, 2.05) is 78.9 Å². The Morgan fingerprint density at radius 3 is 2.06 bits per heavy atom. The molecule has 5 rings (SSSR count). The predicted molar refractivity (Wildman–Crippen MR) is 138 cm³/mol. The Labute approximate surface area is 206 Å². The van der Waals surface area contributed by atoms with E-state index in [1.165, 1.54) is 0 Å². The first kappa shape index (κ1) is 22.7. The van der Waals surface area contributed by atoms with Crippen molar-refractivity contribution in [3.8, 4) is 22.9 Å². The molecule has 0 amide bonds. The third-order valence-electron chi connectivity index (χ3n) is 6.13. The maximum absolute atomic E-state index is 11.7. The highest BCUT2D eigenvalue weighted by atomic mass is 16.5. The maximum atomic E-state index is 11.7. The lowest BCUT2D eigenvalue weighted by Gasteiger charge is -2.28. The zero-order valence-electron chi connectivity index (χ0n) is 19.6. The number of hydrogen-bond donors (Lipinski definition) is 0. The van der Waals surface area contributed by atoms with E-state index in [4.69, 9.17) is 14.5 Å². The summed E-state index contributed by atoms with van der Waals surface area (Å²) >= 11 is 0. The van der Waals surface area contributed by atoms with E-state index in [2.05, 4.69) is 23.1 Å². The second-order valence-electron chi connectivity index (χ2n) is 8.63. The van der Waals surface area contributed by atoms with Crippen LogP contribution in [0.4, 0.5) is 5.69 Å². The monoisotopic (exact) mass is 464 g/mol. The maximum Gasteiger partial charge on any atom is 0.225 e. The summed E-state index contributed by atoms with van der Waals surface area (Å²) in [6.07, 6.45) is 1.20. The van der Waals surface area contributed by atoms with Gasteiger partial charge in [-0.05, 0) is 34.9 Å². The van der Waals surface area contributed by atoms with Crippen molar-refractivity contribution in [2.75, 3.05) is 18.0 Å². The van der Waals surface area contributed by atoms with Gasteiger partial charge in [-0.15, -0.1) is 0 Å². The smallest absolute Gasteiger partial charge is 0.225 e. The van der Waals surface area contributed by atoms with Crippen LogP contribution in [-0.2, 0) is 18.0 Å². The zero-order valence-corrected chi connectivity index (χ0v) is 19.6. The molecule has 1 aromatic heterocycles. The molecule has 0 bridgehead atoms. The van der Waals surface area contributed by atoms with Crippen molar-refractivity contribution in [3.05, 3.63) is 108 Å². The molecular formula is C30H28N2O3. The van der Waals surface area contributed by atoms with Gasteiger partial charge in [0.05, 0.1) is 0 Å². The average molecular weight is 465 g/mol. The van der Waals surface area contributed by atoms with Gasteiger partial charge in [0.2, 0.25) is 11.8 Å². The molecular weight excluding hydrogens is 436 g/mol. The first-order valence-corrected chi connectivity index (χ1v) is 12.0. The van der Waals surface area contributed by atoms with E-state index in [1.54, 1.807) is 0 Å². The largest absolute Gasteiger partial charge is 0.473 e. The number of piperidine rings is 1. The Bertz CT molecular complexity index is 1270. The van der Waals surface area contributed by atoms with Crippen LogP contribution in [0.25, 0.3) is 11.1 Å². The molecule has 2 heterocycles. The van der Waals surface area contributed by atoms with Gasteiger partial charge in [-0.25, -0.2) is 0 Å². The lowest BCUT2D eigenvalue weighted by atomic mass is 10.0. The number of carbonyl (C=O) groups excluding carboxylic acids is 1. The Balaban J connectivity index is 1.41. The van der Waals surface area contributed by atoms with Gasteiger partial charge in [0.15, 0.2) is 0 Å². The fourth-order valence-electron chi connectivity index (χ4n) is 4.18. The molecule has 5 nitrogen and oxygen atoms in total. The van der Waals surface area contributed by atoms with Gasteiger partial charge in [-0.1, -0.05) is 72.8 Å². The van der Waals surface area contributed by atoms with Crippen molar-refractivity contribution >= 4 is 11.5 Å². The number of rotatable bonds is 8. The molecule has 0 atom stereocenters. The number of pyridine rings is 1. The molecule has 5 heteroatoms. The van der Waals surface area contributed by atoms with Crippen LogP contribution in [0, 0.1) is 0 Å². The molecule has 0 spiro atoms. The van der Waals surface area contributed by atoms with E-state index >= 15 is 0 Å². The van der Waals surface area contributed by atoms with Crippen LogP contribution in [0.5, 0.6) is 11.8 Å². The van der Waals surface area contributed by atoms with E-state index in [0.717, 1.165) is 41.0 Å². The molecule has 1 aliphatic heterocycles. The second-order valence-corrected chi connectivity index (χ2v) is 8.63. The number of Topliss-reactive ketones (excluding diaryl/α,β-unsaturated/α-hetero) is 1. The predicted octanol–water partition coefficient (Wildman–Crippen LogP) is 6.08. The average Bonchev–Trinajstić information content (AvgIpc) is 2.92. The van der Waals surface area contributed by atoms with Gasteiger partial charge in [0.25, 0.3) is 0 Å². The molecule has 0 N–H and O–H groups in total. The van der Waals surface area contributed by atoms with Crippen molar-refractivity contribution in [2.45, 2.75) is 26.1 Å². The molecule has 4 aromatic rings. The van der Waals surface area contributed by atoms with Crippen molar-refractivity contribution in [1.29, 1.82) is 0 Å². The first-order valence-electron chi connectivity index (χ1n) is 12.0. The van der Waals surface area contributed by atoms with E-state index in [0.29, 0.717) is 43.6 Å². The Hall–Kier alpha value is -4.12. The quantitative estimate of drug-likeness (QED) is 0.316. The van der Waals surface area contributed by atoms with Crippen LogP contribution in [0.3, 0.4) is 0 Å². The van der Waals surface area contributed by atoms with Crippen molar-refractivity contribution in [2.24, 2.45) is 0 Å². The summed E-state index contributed by atoms with van der Waals surface area (Å²) in [4.78, 5) is 18.7. The number of anilines is 1. The Kier molecular flexibility index (Phi) is 7.04. The van der Waals surface area contributed by atoms with Crippen LogP contribution < -0.4 is 14.4 Å². The number of carbonyl (C=O) groups is 1. The second kappa shape index (κ2) is 10.9. The SMILES string of the molecule is O=C1CCN(c2cccc(-c3ccc(OCc4ccccc4)nc3OCc3ccccc3)c2)CC1. The van der Waals surface area contributed by atoms with E-state index in [9.17, 15) is 4.79 Å². The fraction of sp³-hybridized carbons (Fsp3) is 0.200. The summed E-state index contributed by atoms with van der Waals surface area (Å²) in [6, 6.07) is 32.3. The van der Waals surface area contributed by atoms with Gasteiger partial charge < -0.3 is 14.4 Å². The molecule has 0 unspecified atom stereocenters. The topological polar surface area (TPSA) is 51.7 Å². The van der Waals surface area contributed by atoms with Crippen molar-refractivity contribution in [3.63, 3.8) is 0 Å². The van der Waals surface area contributed by atoms with E-state index in [-0.39, 0.29) is 0 Å². The van der Waals surface area contributed by atoms with Crippen molar-refractivity contribution in [1.82, 2.24) is 4.98 Å². The van der Waals surface area contributed by atoms with Crippen LogP contribution in [0.1, 0.15) is 24.0 Å². The Morgan fingerprint density at radius 1 is 0.714 bits per heavy atom. The lowest BCUT2D eigenvalue weighted by Crippen LogP contribution is -2.33. The highest BCUT2D eigenvalue weighted by Gasteiger charge is 2.18. The molecule has 1 fully saturated rings. The number of nitrogens with zero attached hydrogens (tertiary/aromatic N) is 2. The standard InChI is InChI=1S/C30H28N2O3/c33-27-16-18-32(19-17-27)26-13-7-12-25(20-26)28-14-15-29(34-21-23-8-3-1-4-9-23)31-30(28)35-22-24-10-5-2-6-11-24/h1-15,20H,16-19,21-22H2. The molecule has 0 aliphatic carbocycles. The minimum Gasteiger partial charge on any atom is -0.473 e. The minimum atomic E-state index is 0.337. The molecule has 0 radical (unpaired) electrons.